The number of rotatable bonds is 4. The van der Waals surface area contributed by atoms with Crippen LogP contribution < -0.4 is 5.32 Å². The van der Waals surface area contributed by atoms with Crippen LogP contribution in [-0.4, -0.2) is 57.9 Å². The van der Waals surface area contributed by atoms with E-state index in [4.69, 9.17) is 4.84 Å². The van der Waals surface area contributed by atoms with Crippen LogP contribution in [0.2, 0.25) is 0 Å². The summed E-state index contributed by atoms with van der Waals surface area (Å²) in [5.41, 5.74) is 1.01. The number of hydrogen-bond donors (Lipinski definition) is 1. The van der Waals surface area contributed by atoms with Crippen molar-refractivity contribution in [2.24, 2.45) is 5.16 Å². The van der Waals surface area contributed by atoms with E-state index in [1.54, 1.807) is 12.4 Å². The third-order valence-corrected chi connectivity index (χ3v) is 4.36. The van der Waals surface area contributed by atoms with Crippen molar-refractivity contribution in [3.8, 4) is 0 Å². The Kier molecular flexibility index (Phi) is 5.12. The molecule has 3 rings (SSSR count). The van der Waals surface area contributed by atoms with Gasteiger partial charge in [-0.05, 0) is 26.3 Å². The van der Waals surface area contributed by atoms with E-state index in [2.05, 4.69) is 20.0 Å². The zero-order chi connectivity index (χ0) is 18.8. The van der Waals surface area contributed by atoms with Gasteiger partial charge in [-0.3, -0.25) is 19.7 Å². The summed E-state index contributed by atoms with van der Waals surface area (Å²) in [6.45, 7) is 2.46. The second-order valence-corrected chi connectivity index (χ2v) is 6.75. The van der Waals surface area contributed by atoms with Crippen LogP contribution in [0.1, 0.15) is 30.7 Å². The predicted molar refractivity (Wildman–Crippen MR) is 86.2 cm³/mol. The van der Waals surface area contributed by atoms with Gasteiger partial charge in [-0.15, -0.1) is 0 Å². The van der Waals surface area contributed by atoms with E-state index in [-0.39, 0.29) is 12.1 Å². The van der Waals surface area contributed by atoms with Crippen molar-refractivity contribution in [3.63, 3.8) is 0 Å². The van der Waals surface area contributed by atoms with Gasteiger partial charge in [0.1, 0.15) is 12.3 Å². The number of nitrogens with one attached hydrogen (secondary N) is 1. The van der Waals surface area contributed by atoms with Crippen LogP contribution in [0.15, 0.2) is 17.5 Å². The lowest BCUT2D eigenvalue weighted by molar-refractivity contribution is -0.134. The van der Waals surface area contributed by atoms with Crippen molar-refractivity contribution in [2.75, 3.05) is 19.6 Å². The quantitative estimate of drug-likeness (QED) is 0.869. The lowest BCUT2D eigenvalue weighted by atomic mass is 9.88. The lowest BCUT2D eigenvalue weighted by Crippen LogP contribution is -2.48. The molecular formula is C16H20F3N5O2. The Morgan fingerprint density at radius 2 is 2.23 bits per heavy atom. The van der Waals surface area contributed by atoms with E-state index in [1.807, 2.05) is 12.2 Å². The van der Waals surface area contributed by atoms with E-state index in [1.165, 1.54) is 0 Å². The molecule has 1 fully saturated rings. The summed E-state index contributed by atoms with van der Waals surface area (Å²) in [6.07, 6.45) is 0.669. The number of aromatic nitrogens is 2. The fourth-order valence-electron chi connectivity index (χ4n) is 3.29. The molecule has 26 heavy (non-hydrogen) atoms. The molecule has 3 heterocycles. The average molecular weight is 371 g/mol. The zero-order valence-electron chi connectivity index (χ0n) is 14.3. The highest BCUT2D eigenvalue weighted by Crippen LogP contribution is 2.34. The first-order valence-electron chi connectivity index (χ1n) is 8.35. The van der Waals surface area contributed by atoms with Crippen molar-refractivity contribution in [1.82, 2.24) is 20.2 Å². The number of oxime groups is 1. The topological polar surface area (TPSA) is 79.7 Å². The number of aryl methyl sites for hydroxylation is 1. The van der Waals surface area contributed by atoms with E-state index in [0.717, 1.165) is 24.4 Å². The highest BCUT2D eigenvalue weighted by atomic mass is 19.4. The van der Waals surface area contributed by atoms with Crippen LogP contribution in [0.25, 0.3) is 0 Å². The standard InChI is InChI=1S/C16H20F3N5O2/c1-11-6-20-7-12(22-11)8-24-4-2-3-15(10-24)5-13(23-26-15)14(25)21-9-16(17,18)19/h6-7H,2-5,8-10H2,1H3,(H,21,25). The minimum absolute atomic E-state index is 0.00597. The molecule has 0 aromatic carbocycles. The first-order chi connectivity index (χ1) is 12.2. The summed E-state index contributed by atoms with van der Waals surface area (Å²) < 4.78 is 36.7. The van der Waals surface area contributed by atoms with Crippen molar-refractivity contribution in [3.05, 3.63) is 23.8 Å². The summed E-state index contributed by atoms with van der Waals surface area (Å²) in [5.74, 6) is -0.833. The van der Waals surface area contributed by atoms with Crippen molar-refractivity contribution in [2.45, 2.75) is 44.5 Å². The highest BCUT2D eigenvalue weighted by Gasteiger charge is 2.44. The van der Waals surface area contributed by atoms with Crippen LogP contribution >= 0.6 is 0 Å². The summed E-state index contributed by atoms with van der Waals surface area (Å²) in [5, 5.41) is 5.59. The molecule has 1 atom stereocenters. The molecule has 1 aromatic heterocycles. The molecule has 2 aliphatic heterocycles. The fraction of sp³-hybridized carbons (Fsp3) is 0.625. The number of carbonyl (C=O) groups excluding carboxylic acids is 1. The van der Waals surface area contributed by atoms with Gasteiger partial charge in [-0.1, -0.05) is 5.16 Å². The van der Waals surface area contributed by atoms with Crippen LogP contribution in [-0.2, 0) is 16.2 Å². The Bertz CT molecular complexity index is 709. The smallest absolute Gasteiger partial charge is 0.387 e. The molecule has 1 aromatic rings. The fourth-order valence-corrected chi connectivity index (χ4v) is 3.29. The first-order valence-corrected chi connectivity index (χ1v) is 8.35. The van der Waals surface area contributed by atoms with Gasteiger partial charge in [-0.2, -0.15) is 13.2 Å². The van der Waals surface area contributed by atoms with Crippen LogP contribution in [0.4, 0.5) is 13.2 Å². The van der Waals surface area contributed by atoms with Gasteiger partial charge in [0.15, 0.2) is 5.60 Å². The molecule has 1 N–H and O–H groups in total. The maximum absolute atomic E-state index is 12.2. The molecule has 0 radical (unpaired) electrons. The van der Waals surface area contributed by atoms with Crippen LogP contribution in [0, 0.1) is 6.92 Å². The minimum atomic E-state index is -4.45. The highest BCUT2D eigenvalue weighted by molar-refractivity contribution is 6.39. The van der Waals surface area contributed by atoms with Crippen molar-refractivity contribution < 1.29 is 22.8 Å². The Hall–Kier alpha value is -2.23. The van der Waals surface area contributed by atoms with Gasteiger partial charge >= 0.3 is 6.18 Å². The molecular weight excluding hydrogens is 351 g/mol. The molecule has 1 unspecified atom stereocenters. The average Bonchev–Trinajstić information content (AvgIpc) is 2.95. The zero-order valence-corrected chi connectivity index (χ0v) is 14.3. The molecule has 0 bridgehead atoms. The van der Waals surface area contributed by atoms with E-state index >= 15 is 0 Å². The largest absolute Gasteiger partial charge is 0.405 e. The van der Waals surface area contributed by atoms with Gasteiger partial charge in [0.25, 0.3) is 5.91 Å². The maximum Gasteiger partial charge on any atom is 0.405 e. The molecule has 1 amide bonds. The van der Waals surface area contributed by atoms with Gasteiger partial charge < -0.3 is 10.2 Å². The molecule has 142 valence electrons. The normalized spacial score (nSPS) is 23.6. The number of nitrogens with zero attached hydrogens (tertiary/aromatic N) is 4. The number of piperidine rings is 1. The van der Waals surface area contributed by atoms with Gasteiger partial charge in [0.05, 0.1) is 11.4 Å². The third-order valence-electron chi connectivity index (χ3n) is 4.36. The molecule has 0 saturated carbocycles. The summed E-state index contributed by atoms with van der Waals surface area (Å²) in [7, 11) is 0. The molecule has 2 aliphatic rings. The van der Waals surface area contributed by atoms with Gasteiger partial charge in [0.2, 0.25) is 0 Å². The molecule has 1 spiro atoms. The second-order valence-electron chi connectivity index (χ2n) is 6.75. The molecule has 0 aliphatic carbocycles. The number of likely N-dealkylation sites (tertiary alicyclic amines) is 1. The summed E-state index contributed by atoms with van der Waals surface area (Å²) >= 11 is 0. The Labute approximate surface area is 148 Å². The number of alkyl halides is 3. The Morgan fingerprint density at radius 1 is 1.42 bits per heavy atom. The van der Waals surface area contributed by atoms with Crippen LogP contribution in [0.5, 0.6) is 0 Å². The number of amides is 1. The second kappa shape index (κ2) is 7.18. The van der Waals surface area contributed by atoms with Gasteiger partial charge in [-0.25, -0.2) is 0 Å². The third kappa shape index (κ3) is 4.69. The number of hydrogen-bond acceptors (Lipinski definition) is 6. The van der Waals surface area contributed by atoms with Crippen molar-refractivity contribution >= 4 is 11.6 Å². The number of carbonyl (C=O) groups is 1. The van der Waals surface area contributed by atoms with E-state index < -0.39 is 24.2 Å². The van der Waals surface area contributed by atoms with Gasteiger partial charge in [0, 0.05) is 31.9 Å². The predicted octanol–water partition coefficient (Wildman–Crippen LogP) is 1.57. The minimum Gasteiger partial charge on any atom is -0.387 e. The summed E-state index contributed by atoms with van der Waals surface area (Å²) in [6, 6.07) is 0. The molecule has 7 nitrogen and oxygen atoms in total. The SMILES string of the molecule is Cc1cncc(CN2CCCC3(CC(C(=O)NCC(F)(F)F)=NO3)C2)n1. The number of halogens is 3. The van der Waals surface area contributed by atoms with E-state index in [0.29, 0.717) is 19.5 Å². The van der Waals surface area contributed by atoms with Crippen LogP contribution in [0.3, 0.4) is 0 Å². The Morgan fingerprint density at radius 3 is 2.96 bits per heavy atom. The Balaban J connectivity index is 1.57. The van der Waals surface area contributed by atoms with Crippen molar-refractivity contribution in [1.29, 1.82) is 0 Å². The first kappa shape index (κ1) is 18.6. The summed E-state index contributed by atoms with van der Waals surface area (Å²) in [4.78, 5) is 28.1. The maximum atomic E-state index is 12.2. The monoisotopic (exact) mass is 371 g/mol. The molecule has 10 heteroatoms. The lowest BCUT2D eigenvalue weighted by Gasteiger charge is -2.38. The van der Waals surface area contributed by atoms with E-state index in [9.17, 15) is 18.0 Å². The molecule has 1 saturated heterocycles.